The van der Waals surface area contributed by atoms with Crippen LogP contribution in [0.15, 0.2) is 92.5 Å². The smallest absolute Gasteiger partial charge is 0.322 e. The third-order valence-corrected chi connectivity index (χ3v) is 5.45. The average Bonchev–Trinajstić information content (AvgIpc) is 2.83. The molecule has 0 bridgehead atoms. The number of amides is 1. The molecule has 3 N–H and O–H groups in total. The number of hydrogen-bond donors (Lipinski definition) is 3. The van der Waals surface area contributed by atoms with Gasteiger partial charge in [-0.2, -0.15) is 0 Å². The number of halogens is 1. The molecule has 1 aromatic heterocycles. The Kier molecular flexibility index (Phi) is 7.05. The number of nitrogens with one attached hydrogen (secondary N) is 2. The first kappa shape index (κ1) is 23.2. The maximum atomic E-state index is 12.8. The van der Waals surface area contributed by atoms with E-state index in [1.807, 2.05) is 6.07 Å². The summed E-state index contributed by atoms with van der Waals surface area (Å²) in [6, 6.07) is 20.9. The highest BCUT2D eigenvalue weighted by Crippen LogP contribution is 2.29. The minimum atomic E-state index is -1.14. The molecule has 0 saturated carbocycles. The second kappa shape index (κ2) is 10.3. The number of hydrazine groups is 1. The van der Waals surface area contributed by atoms with Crippen LogP contribution in [0.5, 0.6) is 11.5 Å². The summed E-state index contributed by atoms with van der Waals surface area (Å²) in [5, 5.41) is 9.65. The molecule has 4 rings (SSSR count). The summed E-state index contributed by atoms with van der Waals surface area (Å²) >= 11 is 3.35. The first-order valence-corrected chi connectivity index (χ1v) is 11.0. The molecule has 0 unspecified atom stereocenters. The Morgan fingerprint density at radius 2 is 1.74 bits per heavy atom. The molecular weight excluding hydrogens is 504 g/mol. The van der Waals surface area contributed by atoms with Crippen LogP contribution in [-0.2, 0) is 11.2 Å². The van der Waals surface area contributed by atoms with Crippen LogP contribution in [0, 0.1) is 0 Å². The van der Waals surface area contributed by atoms with Crippen molar-refractivity contribution in [3.05, 3.63) is 105 Å². The minimum Gasteiger partial charge on any atom is -0.480 e. The fourth-order valence-corrected chi connectivity index (χ4v) is 3.53. The van der Waals surface area contributed by atoms with Crippen molar-refractivity contribution in [2.24, 2.45) is 0 Å². The zero-order valence-corrected chi connectivity index (χ0v) is 19.2. The molecule has 9 heteroatoms. The Hall–Kier alpha value is -3.95. The average molecular weight is 523 g/mol. The zero-order chi connectivity index (χ0) is 24.1. The molecule has 0 aliphatic carbocycles. The van der Waals surface area contributed by atoms with Gasteiger partial charge in [0.15, 0.2) is 11.2 Å². The van der Waals surface area contributed by atoms with E-state index in [4.69, 9.17) is 9.15 Å². The van der Waals surface area contributed by atoms with Gasteiger partial charge < -0.3 is 14.3 Å². The molecule has 0 saturated heterocycles. The lowest BCUT2D eigenvalue weighted by Crippen LogP contribution is -2.49. The van der Waals surface area contributed by atoms with E-state index in [0.717, 1.165) is 16.1 Å². The summed E-state index contributed by atoms with van der Waals surface area (Å²) in [4.78, 5) is 37.0. The van der Waals surface area contributed by atoms with Gasteiger partial charge >= 0.3 is 11.9 Å². The van der Waals surface area contributed by atoms with E-state index in [2.05, 4.69) is 26.8 Å². The first-order chi connectivity index (χ1) is 16.4. The fraction of sp³-hybridized carbons (Fsp3) is 0.0800. The Bertz CT molecular complexity index is 1390. The lowest BCUT2D eigenvalue weighted by Gasteiger charge is -2.15. The largest absolute Gasteiger partial charge is 0.480 e. The molecule has 34 heavy (non-hydrogen) atoms. The Morgan fingerprint density at radius 3 is 2.44 bits per heavy atom. The van der Waals surface area contributed by atoms with Crippen molar-refractivity contribution in [3.8, 4) is 11.5 Å². The van der Waals surface area contributed by atoms with Crippen molar-refractivity contribution in [2.75, 3.05) is 0 Å². The molecule has 8 nitrogen and oxygen atoms in total. The topological polar surface area (TPSA) is 118 Å². The van der Waals surface area contributed by atoms with Crippen LogP contribution in [0.4, 0.5) is 0 Å². The maximum Gasteiger partial charge on any atom is 0.322 e. The van der Waals surface area contributed by atoms with E-state index in [1.165, 1.54) is 0 Å². The van der Waals surface area contributed by atoms with E-state index in [-0.39, 0.29) is 28.9 Å². The van der Waals surface area contributed by atoms with E-state index in [1.54, 1.807) is 66.7 Å². The van der Waals surface area contributed by atoms with Crippen molar-refractivity contribution < 1.29 is 23.8 Å². The van der Waals surface area contributed by atoms with E-state index in [0.29, 0.717) is 5.75 Å². The third kappa shape index (κ3) is 5.51. The number of fused-ring (bicyclic) bond motifs is 1. The summed E-state index contributed by atoms with van der Waals surface area (Å²) in [5.41, 5.74) is 5.28. The number of aliphatic carboxylic acids is 1. The number of rotatable bonds is 8. The zero-order valence-electron chi connectivity index (χ0n) is 17.7. The Labute approximate surface area is 202 Å². The van der Waals surface area contributed by atoms with Crippen molar-refractivity contribution in [3.63, 3.8) is 0 Å². The maximum absolute atomic E-state index is 12.8. The fourth-order valence-electron chi connectivity index (χ4n) is 3.27. The van der Waals surface area contributed by atoms with E-state index in [9.17, 15) is 19.5 Å². The molecule has 0 fully saturated rings. The highest BCUT2D eigenvalue weighted by Gasteiger charge is 2.21. The predicted molar refractivity (Wildman–Crippen MR) is 129 cm³/mol. The molecule has 0 spiro atoms. The SMILES string of the molecule is O=C(NN[C@@H](Cc1ccccc1)C(=O)O)c1cc(=O)c2c(Oc3ccc(Br)cc3)cccc2o1. The first-order valence-electron chi connectivity index (χ1n) is 10.2. The van der Waals surface area contributed by atoms with Gasteiger partial charge in [-0.25, -0.2) is 5.43 Å². The van der Waals surface area contributed by atoms with Crippen LogP contribution in [-0.4, -0.2) is 23.0 Å². The van der Waals surface area contributed by atoms with Crippen LogP contribution in [0.3, 0.4) is 0 Å². The van der Waals surface area contributed by atoms with Gasteiger partial charge in [0.1, 0.15) is 28.5 Å². The van der Waals surface area contributed by atoms with Gasteiger partial charge in [0.25, 0.3) is 0 Å². The summed E-state index contributed by atoms with van der Waals surface area (Å²) in [5.74, 6) is -1.38. The van der Waals surface area contributed by atoms with Crippen molar-refractivity contribution in [1.82, 2.24) is 10.9 Å². The molecule has 0 aliphatic rings. The second-order valence-electron chi connectivity index (χ2n) is 7.34. The van der Waals surface area contributed by atoms with Crippen LogP contribution >= 0.6 is 15.9 Å². The van der Waals surface area contributed by atoms with Gasteiger partial charge in [-0.3, -0.25) is 19.8 Å². The number of carbonyl (C=O) groups excluding carboxylic acids is 1. The summed E-state index contributed by atoms with van der Waals surface area (Å²) in [7, 11) is 0. The molecule has 1 atom stereocenters. The molecule has 0 radical (unpaired) electrons. The van der Waals surface area contributed by atoms with Crippen LogP contribution in [0.1, 0.15) is 16.1 Å². The van der Waals surface area contributed by atoms with Crippen LogP contribution in [0.25, 0.3) is 11.0 Å². The molecule has 172 valence electrons. The number of carboxylic acid groups (broad SMARTS) is 1. The van der Waals surface area contributed by atoms with Gasteiger partial charge in [0.2, 0.25) is 0 Å². The van der Waals surface area contributed by atoms with Gasteiger partial charge in [-0.1, -0.05) is 52.3 Å². The second-order valence-corrected chi connectivity index (χ2v) is 8.25. The Balaban J connectivity index is 1.52. The Morgan fingerprint density at radius 1 is 1.00 bits per heavy atom. The van der Waals surface area contributed by atoms with E-state index >= 15 is 0 Å². The van der Waals surface area contributed by atoms with Crippen LogP contribution in [0.2, 0.25) is 0 Å². The monoisotopic (exact) mass is 522 g/mol. The lowest BCUT2D eigenvalue weighted by atomic mass is 10.1. The lowest BCUT2D eigenvalue weighted by molar-refractivity contribution is -0.139. The molecule has 0 aliphatic heterocycles. The molecular formula is C25H19BrN2O6. The van der Waals surface area contributed by atoms with Gasteiger partial charge in [-0.05, 0) is 42.0 Å². The molecule has 1 heterocycles. The normalized spacial score (nSPS) is 11.7. The highest BCUT2D eigenvalue weighted by molar-refractivity contribution is 9.10. The van der Waals surface area contributed by atoms with E-state index < -0.39 is 23.3 Å². The number of carboxylic acids is 1. The van der Waals surface area contributed by atoms with Crippen molar-refractivity contribution in [1.29, 1.82) is 0 Å². The number of carbonyl (C=O) groups is 2. The summed E-state index contributed by atoms with van der Waals surface area (Å²) in [6.07, 6.45) is 0.148. The van der Waals surface area contributed by atoms with Crippen molar-refractivity contribution in [2.45, 2.75) is 12.5 Å². The summed E-state index contributed by atoms with van der Waals surface area (Å²) in [6.45, 7) is 0. The number of ether oxygens (including phenoxy) is 1. The number of benzene rings is 3. The van der Waals surface area contributed by atoms with Gasteiger partial charge in [0, 0.05) is 17.0 Å². The third-order valence-electron chi connectivity index (χ3n) is 4.92. The van der Waals surface area contributed by atoms with Crippen molar-refractivity contribution >= 4 is 38.8 Å². The quantitative estimate of drug-likeness (QED) is 0.295. The van der Waals surface area contributed by atoms with Gasteiger partial charge in [-0.15, -0.1) is 0 Å². The molecule has 3 aromatic carbocycles. The highest BCUT2D eigenvalue weighted by atomic mass is 79.9. The number of hydrogen-bond acceptors (Lipinski definition) is 6. The summed E-state index contributed by atoms with van der Waals surface area (Å²) < 4.78 is 12.3. The predicted octanol–water partition coefficient (Wildman–Crippen LogP) is 4.28. The molecule has 4 aromatic rings. The standard InChI is InChI=1S/C25H19BrN2O6/c26-16-9-11-17(12-10-16)33-20-7-4-8-21-23(20)19(29)14-22(34-21)24(30)28-27-18(25(31)32)13-15-5-2-1-3-6-15/h1-12,14,18,27H,13H2,(H,28,30)(H,31,32)/t18-/m0/s1. The minimum absolute atomic E-state index is 0.148. The van der Waals surface area contributed by atoms with Crippen LogP contribution < -0.4 is 21.0 Å². The van der Waals surface area contributed by atoms with Gasteiger partial charge in [0.05, 0.1) is 0 Å². The molecule has 1 amide bonds.